The lowest BCUT2D eigenvalue weighted by atomic mass is 10.2. The number of hydrogen-bond acceptors (Lipinski definition) is 5. The zero-order chi connectivity index (χ0) is 16.9. The Morgan fingerprint density at radius 2 is 1.87 bits per heavy atom. The van der Waals surface area contributed by atoms with Crippen LogP contribution in [0, 0.1) is 10.1 Å². The lowest BCUT2D eigenvalue weighted by Crippen LogP contribution is -2.04. The minimum atomic E-state index is -3.48. The first-order chi connectivity index (χ1) is 10.9. The van der Waals surface area contributed by atoms with Crippen molar-refractivity contribution in [2.24, 2.45) is 0 Å². The molecule has 6 nitrogen and oxygen atoms in total. The van der Waals surface area contributed by atoms with Gasteiger partial charge in [-0.15, -0.1) is 0 Å². The summed E-state index contributed by atoms with van der Waals surface area (Å²) >= 11 is 0. The van der Waals surface area contributed by atoms with Crippen molar-refractivity contribution in [2.45, 2.75) is 4.90 Å². The van der Waals surface area contributed by atoms with Crippen molar-refractivity contribution in [3.05, 3.63) is 70.3 Å². The van der Waals surface area contributed by atoms with Crippen LogP contribution < -0.4 is 5.32 Å². The number of benzene rings is 2. The number of hydrogen-bond donors (Lipinski definition) is 1. The Morgan fingerprint density at radius 3 is 2.48 bits per heavy atom. The van der Waals surface area contributed by atoms with E-state index in [0.29, 0.717) is 6.54 Å². The van der Waals surface area contributed by atoms with E-state index in [-0.39, 0.29) is 16.3 Å². The number of rotatable bonds is 6. The maximum atomic E-state index is 11.5. The van der Waals surface area contributed by atoms with E-state index in [1.807, 2.05) is 42.5 Å². The molecule has 7 heteroatoms. The third-order valence-corrected chi connectivity index (χ3v) is 4.22. The quantitative estimate of drug-likeness (QED) is 0.648. The van der Waals surface area contributed by atoms with Gasteiger partial charge in [0.1, 0.15) is 5.69 Å². The van der Waals surface area contributed by atoms with Gasteiger partial charge in [-0.25, -0.2) is 8.42 Å². The van der Waals surface area contributed by atoms with Crippen molar-refractivity contribution >= 4 is 27.3 Å². The Morgan fingerprint density at radius 1 is 1.17 bits per heavy atom. The van der Waals surface area contributed by atoms with E-state index in [2.05, 4.69) is 5.32 Å². The van der Waals surface area contributed by atoms with Crippen molar-refractivity contribution in [2.75, 3.05) is 18.1 Å². The average Bonchev–Trinajstić information content (AvgIpc) is 2.51. The van der Waals surface area contributed by atoms with Crippen LogP contribution in [0.2, 0.25) is 0 Å². The van der Waals surface area contributed by atoms with Crippen LogP contribution in [0.25, 0.3) is 6.08 Å². The molecule has 2 aromatic rings. The molecule has 0 spiro atoms. The minimum Gasteiger partial charge on any atom is -0.376 e. The zero-order valence-corrected chi connectivity index (χ0v) is 13.3. The standard InChI is InChI=1S/C16H16N2O4S/c1-23(21,22)14-9-10-15(16(12-14)18(19)20)17-11-5-8-13-6-3-2-4-7-13/h2-10,12,17H,11H2,1H3/b8-5+. The number of nitro groups is 1. The van der Waals surface area contributed by atoms with E-state index in [9.17, 15) is 18.5 Å². The first-order valence-corrected chi connectivity index (χ1v) is 8.71. The highest BCUT2D eigenvalue weighted by Crippen LogP contribution is 2.27. The van der Waals surface area contributed by atoms with E-state index < -0.39 is 14.8 Å². The largest absolute Gasteiger partial charge is 0.376 e. The van der Waals surface area contributed by atoms with Crippen LogP contribution in [0.1, 0.15) is 5.56 Å². The molecular weight excluding hydrogens is 316 g/mol. The van der Waals surface area contributed by atoms with E-state index in [4.69, 9.17) is 0 Å². The Labute approximate surface area is 134 Å². The van der Waals surface area contributed by atoms with Gasteiger partial charge in [0.25, 0.3) is 5.69 Å². The lowest BCUT2D eigenvalue weighted by molar-refractivity contribution is -0.384. The highest BCUT2D eigenvalue weighted by atomic mass is 32.2. The van der Waals surface area contributed by atoms with Gasteiger partial charge in [-0.3, -0.25) is 10.1 Å². The molecule has 0 atom stereocenters. The molecule has 0 aromatic heterocycles. The molecular formula is C16H16N2O4S. The van der Waals surface area contributed by atoms with Gasteiger partial charge in [-0.05, 0) is 17.7 Å². The van der Waals surface area contributed by atoms with Crippen LogP contribution in [0.15, 0.2) is 59.5 Å². The van der Waals surface area contributed by atoms with E-state index in [0.717, 1.165) is 17.9 Å². The first kappa shape index (κ1) is 16.7. The number of sulfone groups is 1. The topological polar surface area (TPSA) is 89.3 Å². The van der Waals surface area contributed by atoms with Crippen molar-refractivity contribution < 1.29 is 13.3 Å². The summed E-state index contributed by atoms with van der Waals surface area (Å²) in [7, 11) is -3.48. The SMILES string of the molecule is CS(=O)(=O)c1ccc(NC/C=C/c2ccccc2)c([N+](=O)[O-])c1. The monoisotopic (exact) mass is 332 g/mol. The fourth-order valence-corrected chi connectivity index (χ4v) is 2.61. The van der Waals surface area contributed by atoms with Gasteiger partial charge in [0, 0.05) is 18.9 Å². The number of anilines is 1. The molecule has 0 amide bonds. The van der Waals surface area contributed by atoms with Crippen LogP contribution in [0.3, 0.4) is 0 Å². The summed E-state index contributed by atoms with van der Waals surface area (Å²) < 4.78 is 23.0. The molecule has 2 rings (SSSR count). The summed E-state index contributed by atoms with van der Waals surface area (Å²) in [5.74, 6) is 0. The van der Waals surface area contributed by atoms with E-state index in [1.165, 1.54) is 12.1 Å². The molecule has 0 saturated heterocycles. The molecule has 0 bridgehead atoms. The maximum absolute atomic E-state index is 11.5. The highest BCUT2D eigenvalue weighted by Gasteiger charge is 2.18. The van der Waals surface area contributed by atoms with Crippen molar-refractivity contribution in [3.63, 3.8) is 0 Å². The van der Waals surface area contributed by atoms with Crippen molar-refractivity contribution in [1.29, 1.82) is 0 Å². The summed E-state index contributed by atoms with van der Waals surface area (Å²) in [4.78, 5) is 10.4. The van der Waals surface area contributed by atoms with Gasteiger partial charge in [-0.2, -0.15) is 0 Å². The van der Waals surface area contributed by atoms with Gasteiger partial charge < -0.3 is 5.32 Å². The Balaban J connectivity index is 2.13. The molecule has 0 saturated carbocycles. The molecule has 2 aromatic carbocycles. The number of nitro benzene ring substituents is 1. The van der Waals surface area contributed by atoms with Crippen LogP contribution in [0.4, 0.5) is 11.4 Å². The van der Waals surface area contributed by atoms with Crippen LogP contribution >= 0.6 is 0 Å². The summed E-state index contributed by atoms with van der Waals surface area (Å²) in [6.07, 6.45) is 4.75. The third kappa shape index (κ3) is 4.65. The van der Waals surface area contributed by atoms with Gasteiger partial charge in [0.05, 0.1) is 9.82 Å². The first-order valence-electron chi connectivity index (χ1n) is 6.82. The predicted molar refractivity (Wildman–Crippen MR) is 90.2 cm³/mol. The molecule has 0 aliphatic heterocycles. The Kier molecular flexibility index (Phi) is 5.13. The summed E-state index contributed by atoms with van der Waals surface area (Å²) in [5.41, 5.74) is 1.04. The molecule has 0 heterocycles. The summed E-state index contributed by atoms with van der Waals surface area (Å²) in [6.45, 7) is 0.383. The second kappa shape index (κ2) is 7.06. The smallest absolute Gasteiger partial charge is 0.293 e. The predicted octanol–water partition coefficient (Wildman–Crippen LogP) is 3.12. The van der Waals surface area contributed by atoms with Gasteiger partial charge in [0.15, 0.2) is 9.84 Å². The van der Waals surface area contributed by atoms with Crippen molar-refractivity contribution in [1.82, 2.24) is 0 Å². The molecule has 0 aliphatic rings. The molecule has 120 valence electrons. The average molecular weight is 332 g/mol. The van der Waals surface area contributed by atoms with Crippen LogP contribution in [0.5, 0.6) is 0 Å². The van der Waals surface area contributed by atoms with Crippen molar-refractivity contribution in [3.8, 4) is 0 Å². The molecule has 0 radical (unpaired) electrons. The lowest BCUT2D eigenvalue weighted by Gasteiger charge is -2.06. The molecule has 0 aliphatic carbocycles. The molecule has 0 unspecified atom stereocenters. The van der Waals surface area contributed by atoms with E-state index >= 15 is 0 Å². The zero-order valence-electron chi connectivity index (χ0n) is 12.5. The molecule has 1 N–H and O–H groups in total. The maximum Gasteiger partial charge on any atom is 0.293 e. The Bertz CT molecular complexity index is 830. The fourth-order valence-electron chi connectivity index (χ4n) is 1.97. The second-order valence-electron chi connectivity index (χ2n) is 4.90. The molecule has 0 fully saturated rings. The van der Waals surface area contributed by atoms with Gasteiger partial charge in [-0.1, -0.05) is 42.5 Å². The minimum absolute atomic E-state index is 0.0745. The van der Waals surface area contributed by atoms with Gasteiger partial charge >= 0.3 is 0 Å². The normalized spacial score (nSPS) is 11.5. The fraction of sp³-hybridized carbons (Fsp3) is 0.125. The van der Waals surface area contributed by atoms with Crippen LogP contribution in [-0.4, -0.2) is 26.1 Å². The summed E-state index contributed by atoms with van der Waals surface area (Å²) in [5, 5.41) is 14.0. The van der Waals surface area contributed by atoms with Gasteiger partial charge in [0.2, 0.25) is 0 Å². The molecule has 23 heavy (non-hydrogen) atoms. The number of nitrogens with one attached hydrogen (secondary N) is 1. The second-order valence-corrected chi connectivity index (χ2v) is 6.92. The van der Waals surface area contributed by atoms with E-state index in [1.54, 1.807) is 0 Å². The third-order valence-electron chi connectivity index (χ3n) is 3.11. The highest BCUT2D eigenvalue weighted by molar-refractivity contribution is 7.90. The Hall–Kier alpha value is -2.67. The summed E-state index contributed by atoms with van der Waals surface area (Å²) in [6, 6.07) is 13.5. The van der Waals surface area contributed by atoms with Crippen LogP contribution in [-0.2, 0) is 9.84 Å². The number of nitrogens with zero attached hydrogens (tertiary/aromatic N) is 1.